The molecule has 0 radical (unpaired) electrons. The smallest absolute Gasteiger partial charge is 0.328 e. The second-order valence-electron chi connectivity index (χ2n) is 7.51. The van der Waals surface area contributed by atoms with Crippen molar-refractivity contribution < 1.29 is 24.3 Å². The van der Waals surface area contributed by atoms with Gasteiger partial charge in [-0.25, -0.2) is 4.79 Å². The molecule has 3 rings (SSSR count). The lowest BCUT2D eigenvalue weighted by Crippen LogP contribution is -2.50. The Balaban J connectivity index is 1.49. The van der Waals surface area contributed by atoms with Crippen LogP contribution < -0.4 is 31.9 Å². The number of halogens is 2. The monoisotopic (exact) mass is 522 g/mol. The number of carbonyl (C=O) groups is 4. The number of carboxylic acid groups (broad SMARTS) is 1. The number of nitrogens with one attached hydrogen (secondary N) is 6. The summed E-state index contributed by atoms with van der Waals surface area (Å²) in [6, 6.07) is 9.73. The summed E-state index contributed by atoms with van der Waals surface area (Å²) in [7, 11) is 0. The second-order valence-corrected chi connectivity index (χ2v) is 8.33. The van der Waals surface area contributed by atoms with Crippen molar-refractivity contribution in [2.45, 2.75) is 12.3 Å². The van der Waals surface area contributed by atoms with Crippen LogP contribution in [0, 0.1) is 0 Å². The largest absolute Gasteiger partial charge is 0.480 e. The van der Waals surface area contributed by atoms with E-state index in [1.54, 1.807) is 30.3 Å². The van der Waals surface area contributed by atoms with Crippen molar-refractivity contribution in [3.63, 3.8) is 0 Å². The molecule has 0 unspecified atom stereocenters. The van der Waals surface area contributed by atoms with Crippen molar-refractivity contribution in [3.8, 4) is 0 Å². The van der Waals surface area contributed by atoms with Gasteiger partial charge in [0.25, 0.3) is 11.8 Å². The zero-order valence-corrected chi connectivity index (χ0v) is 19.9. The van der Waals surface area contributed by atoms with Gasteiger partial charge in [0.15, 0.2) is 0 Å². The number of carbonyl (C=O) groups excluding carboxylic acids is 3. The predicted molar refractivity (Wildman–Crippen MR) is 131 cm³/mol. The minimum Gasteiger partial charge on any atom is -0.480 e. The first-order valence-electron chi connectivity index (χ1n) is 10.6. The number of carboxylic acids is 1. The Bertz CT molecular complexity index is 1090. The first-order valence-corrected chi connectivity index (χ1v) is 11.4. The Kier molecular flexibility index (Phi) is 9.26. The SMILES string of the molecule is O=C(CNC(=O)c1cccc(NC2NCCN2)c1)NC[C@H](NC(=O)c1c(Cl)cccc1Cl)C(=O)O. The third-order valence-electron chi connectivity index (χ3n) is 4.96. The number of rotatable bonds is 10. The van der Waals surface area contributed by atoms with Crippen molar-refractivity contribution >= 4 is 52.6 Å². The number of anilines is 1. The number of hydrogen-bond acceptors (Lipinski definition) is 7. The molecule has 35 heavy (non-hydrogen) atoms. The lowest BCUT2D eigenvalue weighted by Gasteiger charge is -2.17. The van der Waals surface area contributed by atoms with E-state index in [9.17, 15) is 24.3 Å². The molecule has 2 aromatic rings. The quantitative estimate of drug-likeness (QED) is 0.239. The number of amides is 3. The average Bonchev–Trinajstić information content (AvgIpc) is 3.33. The molecule has 0 aliphatic carbocycles. The zero-order chi connectivity index (χ0) is 25.4. The molecule has 0 spiro atoms. The van der Waals surface area contributed by atoms with Crippen LogP contribution in [0.1, 0.15) is 20.7 Å². The van der Waals surface area contributed by atoms with Gasteiger partial charge in [0.2, 0.25) is 5.91 Å². The fourth-order valence-electron chi connectivity index (χ4n) is 3.21. The Morgan fingerprint density at radius 3 is 2.29 bits per heavy atom. The molecule has 7 N–H and O–H groups in total. The highest BCUT2D eigenvalue weighted by Crippen LogP contribution is 2.24. The van der Waals surface area contributed by atoms with Crippen molar-refractivity contribution in [2.24, 2.45) is 0 Å². The molecule has 13 heteroatoms. The fraction of sp³-hybridized carbons (Fsp3) is 0.273. The molecule has 3 amide bonds. The second kappa shape index (κ2) is 12.4. The van der Waals surface area contributed by atoms with Crippen LogP contribution >= 0.6 is 23.2 Å². The maximum Gasteiger partial charge on any atom is 0.328 e. The summed E-state index contributed by atoms with van der Waals surface area (Å²) in [6.45, 7) is 0.845. The molecule has 0 bridgehead atoms. The van der Waals surface area contributed by atoms with Crippen molar-refractivity contribution in [1.29, 1.82) is 0 Å². The Morgan fingerprint density at radius 2 is 1.63 bits per heavy atom. The molecule has 1 fully saturated rings. The van der Waals surface area contributed by atoms with Crippen LogP contribution in [0.4, 0.5) is 5.69 Å². The molecule has 11 nitrogen and oxygen atoms in total. The molecular formula is C22H24Cl2N6O5. The van der Waals surface area contributed by atoms with E-state index in [1.165, 1.54) is 12.1 Å². The molecular weight excluding hydrogens is 499 g/mol. The Morgan fingerprint density at radius 1 is 0.971 bits per heavy atom. The summed E-state index contributed by atoms with van der Waals surface area (Å²) in [5.41, 5.74) is 0.984. The molecule has 186 valence electrons. The third kappa shape index (κ3) is 7.55. The van der Waals surface area contributed by atoms with Crippen LogP contribution in [0.15, 0.2) is 42.5 Å². The number of benzene rings is 2. The topological polar surface area (TPSA) is 161 Å². The minimum atomic E-state index is -1.45. The predicted octanol–water partition coefficient (Wildman–Crippen LogP) is 0.611. The van der Waals surface area contributed by atoms with E-state index < -0.39 is 42.8 Å². The van der Waals surface area contributed by atoms with Gasteiger partial charge in [-0.3, -0.25) is 25.0 Å². The molecule has 2 aromatic carbocycles. The van der Waals surface area contributed by atoms with Crippen LogP contribution in [0.5, 0.6) is 0 Å². The number of aliphatic carboxylic acids is 1. The van der Waals surface area contributed by atoms with Gasteiger partial charge in [0.1, 0.15) is 12.3 Å². The summed E-state index contributed by atoms with van der Waals surface area (Å²) in [5.74, 6) is -3.29. The average molecular weight is 523 g/mol. The lowest BCUT2D eigenvalue weighted by molar-refractivity contribution is -0.139. The van der Waals surface area contributed by atoms with Gasteiger partial charge < -0.3 is 26.4 Å². The van der Waals surface area contributed by atoms with Gasteiger partial charge in [0, 0.05) is 30.9 Å². The van der Waals surface area contributed by atoms with Gasteiger partial charge in [-0.15, -0.1) is 0 Å². The van der Waals surface area contributed by atoms with Gasteiger partial charge in [-0.2, -0.15) is 0 Å². The van der Waals surface area contributed by atoms with E-state index in [-0.39, 0.29) is 21.9 Å². The van der Waals surface area contributed by atoms with Crippen LogP contribution in [0.25, 0.3) is 0 Å². The molecule has 1 saturated heterocycles. The molecule has 1 atom stereocenters. The highest BCUT2D eigenvalue weighted by molar-refractivity contribution is 6.39. The van der Waals surface area contributed by atoms with E-state index >= 15 is 0 Å². The van der Waals surface area contributed by atoms with E-state index in [2.05, 4.69) is 31.9 Å². The molecule has 1 heterocycles. The fourth-order valence-corrected chi connectivity index (χ4v) is 3.78. The first-order chi connectivity index (χ1) is 16.7. The molecule has 1 aliphatic heterocycles. The lowest BCUT2D eigenvalue weighted by atomic mass is 10.2. The van der Waals surface area contributed by atoms with Gasteiger partial charge >= 0.3 is 5.97 Å². The van der Waals surface area contributed by atoms with Crippen molar-refractivity contribution in [1.82, 2.24) is 26.6 Å². The standard InChI is InChI=1S/C22H24Cl2N6O5/c23-14-5-2-6-15(24)18(14)20(33)30-16(21(34)35)10-27-17(31)11-28-19(32)12-3-1-4-13(9-12)29-22-25-7-8-26-22/h1-6,9,16,22,25-26,29H,7-8,10-11H2,(H,27,31)(H,28,32)(H,30,33)(H,34,35)/t16-/m0/s1. The normalized spacial score (nSPS) is 14.1. The highest BCUT2D eigenvalue weighted by atomic mass is 35.5. The summed E-state index contributed by atoms with van der Waals surface area (Å²) in [5, 5.41) is 26.2. The summed E-state index contributed by atoms with van der Waals surface area (Å²) >= 11 is 12.0. The van der Waals surface area contributed by atoms with E-state index in [0.29, 0.717) is 11.3 Å². The van der Waals surface area contributed by atoms with E-state index in [1.807, 2.05) is 0 Å². The maximum absolute atomic E-state index is 12.4. The summed E-state index contributed by atoms with van der Waals surface area (Å²) in [4.78, 5) is 48.6. The summed E-state index contributed by atoms with van der Waals surface area (Å²) < 4.78 is 0. The van der Waals surface area contributed by atoms with Crippen molar-refractivity contribution in [3.05, 3.63) is 63.6 Å². The Hall–Kier alpha value is -3.38. The Labute approximate surface area is 210 Å². The van der Waals surface area contributed by atoms with Crippen LogP contribution in [0.2, 0.25) is 10.0 Å². The molecule has 0 saturated carbocycles. The summed E-state index contributed by atoms with van der Waals surface area (Å²) in [6.07, 6.45) is -0.101. The maximum atomic E-state index is 12.4. The van der Waals surface area contributed by atoms with Crippen LogP contribution in [-0.2, 0) is 9.59 Å². The highest BCUT2D eigenvalue weighted by Gasteiger charge is 2.24. The number of hydrogen-bond donors (Lipinski definition) is 7. The zero-order valence-electron chi connectivity index (χ0n) is 18.4. The van der Waals surface area contributed by atoms with Gasteiger partial charge in [-0.1, -0.05) is 35.3 Å². The van der Waals surface area contributed by atoms with E-state index in [0.717, 1.165) is 13.1 Å². The minimum absolute atomic E-state index is 0.0564. The first kappa shape index (κ1) is 26.2. The third-order valence-corrected chi connectivity index (χ3v) is 5.59. The van der Waals surface area contributed by atoms with Gasteiger partial charge in [0.05, 0.1) is 22.2 Å². The van der Waals surface area contributed by atoms with Crippen LogP contribution in [-0.4, -0.2) is 67.3 Å². The van der Waals surface area contributed by atoms with Crippen LogP contribution in [0.3, 0.4) is 0 Å². The molecule has 0 aromatic heterocycles. The van der Waals surface area contributed by atoms with E-state index in [4.69, 9.17) is 23.2 Å². The van der Waals surface area contributed by atoms with Crippen molar-refractivity contribution in [2.75, 3.05) is 31.5 Å². The van der Waals surface area contributed by atoms with Gasteiger partial charge in [-0.05, 0) is 30.3 Å². The molecule has 1 aliphatic rings.